The van der Waals surface area contributed by atoms with E-state index in [0.29, 0.717) is 18.8 Å². The Morgan fingerprint density at radius 1 is 1.07 bits per heavy atom. The number of amides is 2. The average Bonchev–Trinajstić information content (AvgIpc) is 3.12. The lowest BCUT2D eigenvalue weighted by molar-refractivity contribution is -0.151. The van der Waals surface area contributed by atoms with E-state index in [1.807, 2.05) is 54.6 Å². The number of ether oxygens (including phenoxy) is 1. The van der Waals surface area contributed by atoms with Crippen LogP contribution in [0.5, 0.6) is 0 Å². The highest BCUT2D eigenvalue weighted by atomic mass is 16.5. The second-order valence-corrected chi connectivity index (χ2v) is 7.18. The molecule has 1 saturated heterocycles. The second kappa shape index (κ2) is 9.87. The number of nitrogens with zero attached hydrogens (tertiary/aromatic N) is 1. The van der Waals surface area contributed by atoms with Gasteiger partial charge in [0.25, 0.3) is 5.91 Å². The summed E-state index contributed by atoms with van der Waals surface area (Å²) in [5.74, 6) is -1.47. The molecule has 1 aliphatic rings. The molecule has 2 aromatic carbocycles. The SMILES string of the molecule is CCc1ccc(NC(=O)COC(=O)[C@@H]2CC(=O)N(CCc3ccccc3)C2)cc1. The van der Waals surface area contributed by atoms with Crippen LogP contribution in [0.3, 0.4) is 0 Å². The number of carbonyl (C=O) groups excluding carboxylic acids is 3. The quantitative estimate of drug-likeness (QED) is 0.699. The van der Waals surface area contributed by atoms with Crippen molar-refractivity contribution in [3.8, 4) is 0 Å². The number of likely N-dealkylation sites (tertiary alicyclic amines) is 1. The highest BCUT2D eigenvalue weighted by Crippen LogP contribution is 2.20. The van der Waals surface area contributed by atoms with E-state index in [9.17, 15) is 14.4 Å². The van der Waals surface area contributed by atoms with Crippen LogP contribution in [0.15, 0.2) is 54.6 Å². The Bertz CT molecular complexity index is 849. The largest absolute Gasteiger partial charge is 0.455 e. The topological polar surface area (TPSA) is 75.7 Å². The van der Waals surface area contributed by atoms with E-state index >= 15 is 0 Å². The van der Waals surface area contributed by atoms with Crippen LogP contribution in [0.2, 0.25) is 0 Å². The van der Waals surface area contributed by atoms with Gasteiger partial charge in [0.05, 0.1) is 5.92 Å². The van der Waals surface area contributed by atoms with E-state index in [2.05, 4.69) is 12.2 Å². The first-order valence-corrected chi connectivity index (χ1v) is 9.92. The van der Waals surface area contributed by atoms with Crippen LogP contribution in [0.25, 0.3) is 0 Å². The molecule has 0 saturated carbocycles. The molecule has 0 radical (unpaired) electrons. The molecule has 0 aliphatic carbocycles. The zero-order valence-electron chi connectivity index (χ0n) is 16.6. The van der Waals surface area contributed by atoms with Crippen LogP contribution in [-0.4, -0.2) is 42.4 Å². The zero-order chi connectivity index (χ0) is 20.6. The molecule has 1 heterocycles. The van der Waals surface area contributed by atoms with Crippen molar-refractivity contribution in [2.45, 2.75) is 26.2 Å². The van der Waals surface area contributed by atoms with E-state index in [0.717, 1.165) is 18.4 Å². The molecule has 0 unspecified atom stereocenters. The number of esters is 1. The lowest BCUT2D eigenvalue weighted by atomic mass is 10.1. The Kier molecular flexibility index (Phi) is 7.00. The normalized spacial score (nSPS) is 16.0. The Balaban J connectivity index is 1.42. The molecule has 6 heteroatoms. The monoisotopic (exact) mass is 394 g/mol. The molecule has 1 fully saturated rings. The van der Waals surface area contributed by atoms with Crippen LogP contribution in [0.4, 0.5) is 5.69 Å². The zero-order valence-corrected chi connectivity index (χ0v) is 16.6. The number of aryl methyl sites for hydroxylation is 1. The summed E-state index contributed by atoms with van der Waals surface area (Å²) in [6.07, 6.45) is 1.80. The number of anilines is 1. The fourth-order valence-electron chi connectivity index (χ4n) is 3.33. The summed E-state index contributed by atoms with van der Waals surface area (Å²) in [7, 11) is 0. The first-order chi connectivity index (χ1) is 14.0. The van der Waals surface area contributed by atoms with Gasteiger partial charge in [-0.25, -0.2) is 0 Å². The van der Waals surface area contributed by atoms with Gasteiger partial charge in [0.2, 0.25) is 5.91 Å². The molecule has 1 atom stereocenters. The minimum atomic E-state index is -0.519. The Morgan fingerprint density at radius 3 is 2.48 bits per heavy atom. The van der Waals surface area contributed by atoms with Gasteiger partial charge in [-0.05, 0) is 36.1 Å². The third-order valence-corrected chi connectivity index (χ3v) is 5.05. The Labute approximate surface area is 170 Å². The third-order valence-electron chi connectivity index (χ3n) is 5.05. The lowest BCUT2D eigenvalue weighted by Crippen LogP contribution is -2.29. The summed E-state index contributed by atoms with van der Waals surface area (Å²) >= 11 is 0. The van der Waals surface area contributed by atoms with Crippen molar-refractivity contribution in [2.24, 2.45) is 5.92 Å². The number of hydrogen-bond donors (Lipinski definition) is 1. The number of nitrogens with one attached hydrogen (secondary N) is 1. The van der Waals surface area contributed by atoms with E-state index in [-0.39, 0.29) is 18.9 Å². The van der Waals surface area contributed by atoms with Crippen molar-refractivity contribution in [1.82, 2.24) is 4.90 Å². The maximum absolute atomic E-state index is 12.3. The minimum Gasteiger partial charge on any atom is -0.455 e. The van der Waals surface area contributed by atoms with Crippen molar-refractivity contribution in [3.63, 3.8) is 0 Å². The second-order valence-electron chi connectivity index (χ2n) is 7.18. The summed E-state index contributed by atoms with van der Waals surface area (Å²) in [5, 5.41) is 2.70. The van der Waals surface area contributed by atoms with Gasteiger partial charge in [-0.3, -0.25) is 14.4 Å². The van der Waals surface area contributed by atoms with Crippen LogP contribution in [0, 0.1) is 5.92 Å². The van der Waals surface area contributed by atoms with Gasteiger partial charge in [-0.1, -0.05) is 49.4 Å². The smallest absolute Gasteiger partial charge is 0.311 e. The van der Waals surface area contributed by atoms with Crippen LogP contribution >= 0.6 is 0 Å². The molecular weight excluding hydrogens is 368 g/mol. The summed E-state index contributed by atoms with van der Waals surface area (Å²) in [6, 6.07) is 17.4. The molecule has 6 nitrogen and oxygen atoms in total. The minimum absolute atomic E-state index is 0.0525. The lowest BCUT2D eigenvalue weighted by Gasteiger charge is -2.16. The van der Waals surface area contributed by atoms with E-state index < -0.39 is 17.8 Å². The van der Waals surface area contributed by atoms with Gasteiger partial charge in [0, 0.05) is 25.2 Å². The highest BCUT2D eigenvalue weighted by molar-refractivity contribution is 5.93. The maximum Gasteiger partial charge on any atom is 0.311 e. The molecule has 3 rings (SSSR count). The van der Waals surface area contributed by atoms with Crippen molar-refractivity contribution >= 4 is 23.5 Å². The molecule has 1 aliphatic heterocycles. The molecule has 1 N–H and O–H groups in total. The van der Waals surface area contributed by atoms with E-state index in [4.69, 9.17) is 4.74 Å². The predicted octanol–water partition coefficient (Wildman–Crippen LogP) is 2.82. The van der Waals surface area contributed by atoms with E-state index in [1.54, 1.807) is 4.90 Å². The molecule has 0 aromatic heterocycles. The summed E-state index contributed by atoms with van der Waals surface area (Å²) in [5.41, 5.74) is 2.98. The van der Waals surface area contributed by atoms with Crippen LogP contribution in [0.1, 0.15) is 24.5 Å². The molecule has 29 heavy (non-hydrogen) atoms. The standard InChI is InChI=1S/C23H26N2O4/c1-2-17-8-10-20(11-9-17)24-21(26)16-29-23(28)19-14-22(27)25(15-19)13-12-18-6-4-3-5-7-18/h3-11,19H,2,12-16H2,1H3,(H,24,26)/t19-/m1/s1. The molecule has 0 bridgehead atoms. The predicted molar refractivity (Wildman–Crippen MR) is 110 cm³/mol. The number of benzene rings is 2. The summed E-state index contributed by atoms with van der Waals surface area (Å²) < 4.78 is 5.13. The average molecular weight is 394 g/mol. The molecule has 2 amide bonds. The fourth-order valence-corrected chi connectivity index (χ4v) is 3.33. The van der Waals surface area contributed by atoms with Crippen molar-refractivity contribution < 1.29 is 19.1 Å². The van der Waals surface area contributed by atoms with Gasteiger partial charge < -0.3 is 15.0 Å². The molecule has 152 valence electrons. The van der Waals surface area contributed by atoms with Crippen molar-refractivity contribution in [1.29, 1.82) is 0 Å². The van der Waals surface area contributed by atoms with Crippen molar-refractivity contribution in [3.05, 3.63) is 65.7 Å². The maximum atomic E-state index is 12.3. The Morgan fingerprint density at radius 2 is 1.79 bits per heavy atom. The van der Waals surface area contributed by atoms with Crippen molar-refractivity contribution in [2.75, 3.05) is 25.0 Å². The van der Waals surface area contributed by atoms with Gasteiger partial charge in [-0.2, -0.15) is 0 Å². The van der Waals surface area contributed by atoms with Gasteiger partial charge in [0.1, 0.15) is 0 Å². The van der Waals surface area contributed by atoms with Gasteiger partial charge in [0.15, 0.2) is 6.61 Å². The fraction of sp³-hybridized carbons (Fsp3) is 0.348. The van der Waals surface area contributed by atoms with Gasteiger partial charge in [-0.15, -0.1) is 0 Å². The first-order valence-electron chi connectivity index (χ1n) is 9.92. The third kappa shape index (κ3) is 5.91. The number of rotatable bonds is 8. The summed E-state index contributed by atoms with van der Waals surface area (Å²) in [4.78, 5) is 38.1. The number of hydrogen-bond acceptors (Lipinski definition) is 4. The van der Waals surface area contributed by atoms with Gasteiger partial charge >= 0.3 is 5.97 Å². The first kappa shape index (κ1) is 20.6. The van der Waals surface area contributed by atoms with Crippen LogP contribution in [-0.2, 0) is 32.0 Å². The highest BCUT2D eigenvalue weighted by Gasteiger charge is 2.35. The molecular formula is C23H26N2O4. The number of carbonyl (C=O) groups is 3. The Hall–Kier alpha value is -3.15. The molecule has 2 aromatic rings. The van der Waals surface area contributed by atoms with E-state index in [1.165, 1.54) is 5.56 Å². The molecule has 0 spiro atoms. The summed E-state index contributed by atoms with van der Waals surface area (Å²) in [6.45, 7) is 2.61. The van der Waals surface area contributed by atoms with Crippen LogP contribution < -0.4 is 5.32 Å².